The second-order valence-electron chi connectivity index (χ2n) is 15.2. The molecule has 6 unspecified atom stereocenters. The summed E-state index contributed by atoms with van der Waals surface area (Å²) in [4.78, 5) is 62.0. The fraction of sp³-hybridized carbons (Fsp3) is 0.310. The highest BCUT2D eigenvalue weighted by Crippen LogP contribution is 2.64. The minimum Gasteiger partial charge on any atom is -0.508 e. The van der Waals surface area contributed by atoms with Crippen LogP contribution in [0, 0.1) is 42.9 Å². The summed E-state index contributed by atoms with van der Waals surface area (Å²) in [6.07, 6.45) is 2.45. The van der Waals surface area contributed by atoms with Gasteiger partial charge in [-0.25, -0.2) is 9.80 Å². The zero-order chi connectivity index (χ0) is 38.8. The number of amides is 4. The molecule has 9 rings (SSSR count). The molecule has 3 fully saturated rings. The number of thiophene rings is 1. The van der Waals surface area contributed by atoms with Gasteiger partial charge in [-0.05, 0) is 92.4 Å². The lowest BCUT2D eigenvalue weighted by atomic mass is 9.51. The highest BCUT2D eigenvalue weighted by molar-refractivity contribution is 7.22. The maximum atomic E-state index is 15.2. The van der Waals surface area contributed by atoms with Crippen molar-refractivity contribution in [3.05, 3.63) is 99.0 Å². The van der Waals surface area contributed by atoms with Crippen LogP contribution in [0.15, 0.2) is 72.3 Å². The molecule has 0 spiro atoms. The molecule has 10 nitrogen and oxygen atoms in total. The van der Waals surface area contributed by atoms with E-state index in [4.69, 9.17) is 33.0 Å². The van der Waals surface area contributed by atoms with Gasteiger partial charge in [0.15, 0.2) is 0 Å². The second-order valence-corrected chi connectivity index (χ2v) is 17.1. The number of ether oxygens (including phenoxy) is 1. The number of aromatic hydroxyl groups is 1. The standard InChI is InChI=1S/C42H36Cl2N4O6S/c1-19-6-8-22(15-30(19)44)47-38(50)26-12-11-24-28(35(26)40(47)52)17-29-39(51)48(41(53)42(29,3)36(24)25-10-9-23(49)16-32(25)54-5)34-18-31(45-46(34)4)37-20(2)27-14-21(43)7-13-33(27)55-37/h6-11,13-16,18,26,28-29,35-36,49H,12,17H2,1-5H3. The summed E-state index contributed by atoms with van der Waals surface area (Å²) >= 11 is 14.3. The SMILES string of the molecule is COc1cc(O)ccc1C1C2=CCC3C(=O)N(c4ccc(C)c(Cl)c4)C(=O)C3C2CC2C(=O)N(c3cc(-c4sc5ccc(Cl)cc5c4C)nn3C)C(=O)C21C. The van der Waals surface area contributed by atoms with E-state index in [-0.39, 0.29) is 30.4 Å². The van der Waals surface area contributed by atoms with Crippen LogP contribution in [-0.2, 0) is 26.2 Å². The molecule has 4 aliphatic rings. The Morgan fingerprint density at radius 3 is 2.45 bits per heavy atom. The first-order valence-electron chi connectivity index (χ1n) is 18.1. The smallest absolute Gasteiger partial charge is 0.242 e. The third kappa shape index (κ3) is 5.02. The Labute approximate surface area is 330 Å². The Hall–Kier alpha value is -4.97. The number of allylic oxidation sites excluding steroid dienone is 2. The van der Waals surface area contributed by atoms with Crippen LogP contribution in [0.2, 0.25) is 10.0 Å². The fourth-order valence-electron chi connectivity index (χ4n) is 9.71. The highest BCUT2D eigenvalue weighted by atomic mass is 35.5. The maximum Gasteiger partial charge on any atom is 0.242 e. The predicted molar refractivity (Wildman–Crippen MR) is 212 cm³/mol. The lowest BCUT2D eigenvalue weighted by molar-refractivity contribution is -0.131. The van der Waals surface area contributed by atoms with Gasteiger partial charge in [-0.2, -0.15) is 5.10 Å². The van der Waals surface area contributed by atoms with Crippen molar-refractivity contribution in [1.29, 1.82) is 0 Å². The number of methoxy groups -OCH3 is 1. The minimum absolute atomic E-state index is 0.0204. The van der Waals surface area contributed by atoms with Crippen molar-refractivity contribution in [2.45, 2.75) is 39.5 Å². The molecule has 4 amide bonds. The van der Waals surface area contributed by atoms with Crippen LogP contribution < -0.4 is 14.5 Å². The third-order valence-electron chi connectivity index (χ3n) is 12.4. The first-order valence-corrected chi connectivity index (χ1v) is 19.6. The zero-order valence-corrected chi connectivity index (χ0v) is 32.9. The largest absolute Gasteiger partial charge is 0.508 e. The van der Waals surface area contributed by atoms with Gasteiger partial charge in [0.25, 0.3) is 0 Å². The third-order valence-corrected chi connectivity index (χ3v) is 14.4. The average molecular weight is 796 g/mol. The highest BCUT2D eigenvalue weighted by Gasteiger charge is 2.68. The number of hydrogen-bond donors (Lipinski definition) is 1. The number of anilines is 2. The first-order chi connectivity index (χ1) is 26.2. The Balaban J connectivity index is 1.16. The molecule has 2 saturated heterocycles. The van der Waals surface area contributed by atoms with Gasteiger partial charge in [0.1, 0.15) is 23.0 Å². The van der Waals surface area contributed by atoms with Crippen LogP contribution in [0.1, 0.15) is 42.4 Å². The van der Waals surface area contributed by atoms with E-state index in [1.54, 1.807) is 53.4 Å². The van der Waals surface area contributed by atoms with Gasteiger partial charge >= 0.3 is 0 Å². The molecule has 280 valence electrons. The number of aromatic nitrogens is 2. The van der Waals surface area contributed by atoms with Crippen LogP contribution in [0.5, 0.6) is 11.5 Å². The number of hydrogen-bond acceptors (Lipinski definition) is 8. The summed E-state index contributed by atoms with van der Waals surface area (Å²) < 4.78 is 8.40. The number of rotatable bonds is 5. The number of imide groups is 2. The number of carbonyl (C=O) groups excluding carboxylic acids is 4. The number of carbonyl (C=O) groups is 4. The second kappa shape index (κ2) is 12.5. The Bertz CT molecular complexity index is 2580. The molecular formula is C42H36Cl2N4O6S. The molecule has 55 heavy (non-hydrogen) atoms. The summed E-state index contributed by atoms with van der Waals surface area (Å²) in [5.74, 6) is -4.32. The van der Waals surface area contributed by atoms with Crippen LogP contribution in [0.25, 0.3) is 20.7 Å². The summed E-state index contributed by atoms with van der Waals surface area (Å²) in [5, 5.41) is 17.4. The molecule has 2 aliphatic carbocycles. The number of benzene rings is 3. The molecule has 13 heteroatoms. The molecule has 2 aromatic heterocycles. The average Bonchev–Trinajstić information content (AvgIpc) is 3.83. The zero-order valence-electron chi connectivity index (χ0n) is 30.6. The Morgan fingerprint density at radius 2 is 1.71 bits per heavy atom. The topological polar surface area (TPSA) is 122 Å². The molecule has 5 aromatic rings. The lowest BCUT2D eigenvalue weighted by Gasteiger charge is -2.49. The summed E-state index contributed by atoms with van der Waals surface area (Å²) in [5.41, 5.74) is 2.94. The van der Waals surface area contributed by atoms with Crippen molar-refractivity contribution >= 4 is 79.8 Å². The van der Waals surface area contributed by atoms with E-state index in [2.05, 4.69) is 0 Å². The van der Waals surface area contributed by atoms with Gasteiger partial charge in [-0.1, -0.05) is 47.0 Å². The quantitative estimate of drug-likeness (QED) is 0.140. The van der Waals surface area contributed by atoms with Gasteiger partial charge in [-0.15, -0.1) is 11.3 Å². The van der Waals surface area contributed by atoms with Crippen LogP contribution in [-0.4, -0.2) is 45.6 Å². The number of phenols is 1. The number of fused-ring (bicyclic) bond motifs is 5. The van der Waals surface area contributed by atoms with E-state index in [0.717, 1.165) is 31.7 Å². The molecular weight excluding hydrogens is 759 g/mol. The molecule has 0 radical (unpaired) electrons. The maximum absolute atomic E-state index is 15.2. The van der Waals surface area contributed by atoms with Crippen LogP contribution in [0.4, 0.5) is 11.5 Å². The van der Waals surface area contributed by atoms with E-state index < -0.39 is 46.8 Å². The van der Waals surface area contributed by atoms with Gasteiger partial charge in [0, 0.05) is 45.4 Å². The summed E-state index contributed by atoms with van der Waals surface area (Å²) in [6.45, 7) is 5.67. The summed E-state index contributed by atoms with van der Waals surface area (Å²) in [6, 6.07) is 17.4. The van der Waals surface area contributed by atoms with Crippen LogP contribution in [0.3, 0.4) is 0 Å². The molecule has 1 N–H and O–H groups in total. The van der Waals surface area contributed by atoms with E-state index >= 15 is 4.79 Å². The van der Waals surface area contributed by atoms with Gasteiger partial charge in [0.05, 0.1) is 40.8 Å². The number of aryl methyl sites for hydroxylation is 3. The molecule has 2 aliphatic heterocycles. The summed E-state index contributed by atoms with van der Waals surface area (Å²) in [7, 11) is 3.20. The van der Waals surface area contributed by atoms with Crippen molar-refractivity contribution in [1.82, 2.24) is 9.78 Å². The van der Waals surface area contributed by atoms with Crippen molar-refractivity contribution in [2.75, 3.05) is 16.9 Å². The van der Waals surface area contributed by atoms with E-state index in [0.29, 0.717) is 38.6 Å². The van der Waals surface area contributed by atoms with Gasteiger partial charge in [-0.3, -0.25) is 23.9 Å². The van der Waals surface area contributed by atoms with Crippen molar-refractivity contribution in [3.63, 3.8) is 0 Å². The minimum atomic E-state index is -1.32. The number of phenolic OH excluding ortho intramolecular Hbond substituents is 1. The number of nitrogens with zero attached hydrogens (tertiary/aromatic N) is 4. The van der Waals surface area contributed by atoms with Crippen molar-refractivity contribution in [3.8, 4) is 22.1 Å². The molecule has 3 aromatic carbocycles. The Morgan fingerprint density at radius 1 is 0.927 bits per heavy atom. The van der Waals surface area contributed by atoms with Gasteiger partial charge < -0.3 is 9.84 Å². The normalized spacial score (nSPS) is 26.1. The monoisotopic (exact) mass is 794 g/mol. The Kier molecular flexibility index (Phi) is 8.13. The molecule has 0 bridgehead atoms. The molecule has 6 atom stereocenters. The van der Waals surface area contributed by atoms with E-state index in [1.807, 2.05) is 45.0 Å². The first kappa shape index (κ1) is 35.7. The van der Waals surface area contributed by atoms with Gasteiger partial charge in [0.2, 0.25) is 23.6 Å². The lowest BCUT2D eigenvalue weighted by Crippen LogP contribution is -2.49. The van der Waals surface area contributed by atoms with Crippen LogP contribution >= 0.6 is 34.5 Å². The van der Waals surface area contributed by atoms with E-state index in [9.17, 15) is 19.5 Å². The fourth-order valence-corrected chi connectivity index (χ4v) is 11.2. The number of halogens is 2. The van der Waals surface area contributed by atoms with E-state index in [1.165, 1.54) is 29.0 Å². The predicted octanol–water partition coefficient (Wildman–Crippen LogP) is 8.37. The van der Waals surface area contributed by atoms with Crippen molar-refractivity contribution in [2.24, 2.45) is 36.1 Å². The molecule has 4 heterocycles. The molecule has 1 saturated carbocycles. The van der Waals surface area contributed by atoms with Crippen molar-refractivity contribution < 1.29 is 29.0 Å².